The lowest BCUT2D eigenvalue weighted by Gasteiger charge is -2.36. The average Bonchev–Trinajstić information content (AvgIpc) is 2.84. The van der Waals surface area contributed by atoms with Gasteiger partial charge in [-0.15, -0.1) is 0 Å². The van der Waals surface area contributed by atoms with Crippen molar-refractivity contribution in [3.8, 4) is 0 Å². The van der Waals surface area contributed by atoms with E-state index in [0.29, 0.717) is 0 Å². The minimum atomic E-state index is 0.796. The van der Waals surface area contributed by atoms with E-state index in [1.165, 1.54) is 63.9 Å². The van der Waals surface area contributed by atoms with E-state index in [-0.39, 0.29) is 0 Å². The molecule has 1 heterocycles. The van der Waals surface area contributed by atoms with Crippen LogP contribution in [-0.4, -0.2) is 48.6 Å². The normalized spacial score (nSPS) is 25.3. The molecular formula is C13H26N2S. The summed E-state index contributed by atoms with van der Waals surface area (Å²) in [5.74, 6) is 1.25. The van der Waals surface area contributed by atoms with Crippen molar-refractivity contribution in [2.24, 2.45) is 0 Å². The van der Waals surface area contributed by atoms with Crippen LogP contribution < -0.4 is 5.32 Å². The summed E-state index contributed by atoms with van der Waals surface area (Å²) in [5.41, 5.74) is 0. The third-order valence-electron chi connectivity index (χ3n) is 4.11. The van der Waals surface area contributed by atoms with Crippen molar-refractivity contribution < 1.29 is 0 Å². The Labute approximate surface area is 105 Å². The minimum Gasteiger partial charge on any atom is -0.313 e. The predicted molar refractivity (Wildman–Crippen MR) is 73.2 cm³/mol. The number of nitrogens with zero attached hydrogens (tertiary/aromatic N) is 1. The van der Waals surface area contributed by atoms with Crippen molar-refractivity contribution in [1.29, 1.82) is 0 Å². The molecule has 1 saturated carbocycles. The molecule has 0 aromatic carbocycles. The van der Waals surface area contributed by atoms with E-state index in [4.69, 9.17) is 0 Å². The summed E-state index contributed by atoms with van der Waals surface area (Å²) in [5, 5.41) is 3.69. The minimum absolute atomic E-state index is 0.796. The van der Waals surface area contributed by atoms with Crippen LogP contribution in [0.1, 0.15) is 38.5 Å². The summed E-state index contributed by atoms with van der Waals surface area (Å²) in [6, 6.07) is 1.73. The van der Waals surface area contributed by atoms with Gasteiger partial charge < -0.3 is 10.2 Å². The number of rotatable bonds is 5. The molecule has 2 aliphatic rings. The van der Waals surface area contributed by atoms with Gasteiger partial charge >= 0.3 is 0 Å². The zero-order chi connectivity index (χ0) is 11.2. The maximum Gasteiger partial charge on any atom is 0.00952 e. The van der Waals surface area contributed by atoms with Crippen LogP contribution in [0.4, 0.5) is 0 Å². The van der Waals surface area contributed by atoms with Crippen LogP contribution in [0.5, 0.6) is 0 Å². The highest BCUT2D eigenvalue weighted by Crippen LogP contribution is 2.26. The molecule has 94 valence electrons. The summed E-state index contributed by atoms with van der Waals surface area (Å²) in [6.07, 6.45) is 10.8. The van der Waals surface area contributed by atoms with E-state index in [1.54, 1.807) is 0 Å². The van der Waals surface area contributed by atoms with Crippen LogP contribution in [0.15, 0.2) is 0 Å². The van der Waals surface area contributed by atoms with E-state index >= 15 is 0 Å². The molecule has 16 heavy (non-hydrogen) atoms. The van der Waals surface area contributed by atoms with Crippen LogP contribution in [-0.2, 0) is 0 Å². The summed E-state index contributed by atoms with van der Waals surface area (Å²) in [6.45, 7) is 3.86. The summed E-state index contributed by atoms with van der Waals surface area (Å²) < 4.78 is 0. The molecule has 0 amide bonds. The van der Waals surface area contributed by atoms with Crippen molar-refractivity contribution in [2.75, 3.05) is 31.6 Å². The number of hydrogen-bond donors (Lipinski definition) is 1. The summed E-state index contributed by atoms with van der Waals surface area (Å²) in [7, 11) is 0. The zero-order valence-corrected chi connectivity index (χ0v) is 11.4. The first-order chi connectivity index (χ1) is 7.90. The van der Waals surface area contributed by atoms with Gasteiger partial charge in [0.2, 0.25) is 0 Å². The Kier molecular flexibility index (Phi) is 5.46. The van der Waals surface area contributed by atoms with Gasteiger partial charge in [0, 0.05) is 24.4 Å². The van der Waals surface area contributed by atoms with Crippen LogP contribution in [0.2, 0.25) is 0 Å². The number of piperidine rings is 1. The van der Waals surface area contributed by atoms with Gasteiger partial charge in [-0.1, -0.05) is 12.8 Å². The highest BCUT2D eigenvalue weighted by Gasteiger charge is 2.26. The first kappa shape index (κ1) is 12.7. The van der Waals surface area contributed by atoms with E-state index in [1.807, 2.05) is 11.8 Å². The molecule has 0 radical (unpaired) electrons. The lowest BCUT2D eigenvalue weighted by molar-refractivity contribution is 0.146. The number of nitrogens with one attached hydrogen (secondary N) is 1. The Morgan fingerprint density at radius 3 is 2.44 bits per heavy atom. The van der Waals surface area contributed by atoms with Gasteiger partial charge in [0.25, 0.3) is 0 Å². The Morgan fingerprint density at radius 2 is 1.81 bits per heavy atom. The van der Waals surface area contributed by atoms with Gasteiger partial charge in [0.15, 0.2) is 0 Å². The molecule has 2 fully saturated rings. The van der Waals surface area contributed by atoms with Crippen molar-refractivity contribution >= 4 is 11.8 Å². The third-order valence-corrected chi connectivity index (χ3v) is 4.72. The second-order valence-electron chi connectivity index (χ2n) is 5.20. The first-order valence-electron chi connectivity index (χ1n) is 6.86. The maximum absolute atomic E-state index is 3.69. The summed E-state index contributed by atoms with van der Waals surface area (Å²) >= 11 is 1.94. The molecule has 1 aliphatic carbocycles. The van der Waals surface area contributed by atoms with Crippen molar-refractivity contribution in [3.63, 3.8) is 0 Å². The molecule has 0 aromatic heterocycles. The van der Waals surface area contributed by atoms with E-state index < -0.39 is 0 Å². The molecule has 0 atom stereocenters. The summed E-state index contributed by atoms with van der Waals surface area (Å²) in [4.78, 5) is 2.75. The van der Waals surface area contributed by atoms with E-state index in [2.05, 4.69) is 16.5 Å². The van der Waals surface area contributed by atoms with Crippen molar-refractivity contribution in [2.45, 2.75) is 50.6 Å². The molecule has 1 N–H and O–H groups in total. The second-order valence-corrected chi connectivity index (χ2v) is 6.18. The fourth-order valence-electron chi connectivity index (χ4n) is 3.10. The molecule has 0 unspecified atom stereocenters. The molecule has 0 aromatic rings. The molecule has 0 bridgehead atoms. The molecule has 1 aliphatic heterocycles. The Balaban J connectivity index is 1.62. The van der Waals surface area contributed by atoms with Gasteiger partial charge in [0.05, 0.1) is 0 Å². The Bertz CT molecular complexity index is 184. The Morgan fingerprint density at radius 1 is 1.12 bits per heavy atom. The highest BCUT2D eigenvalue weighted by molar-refractivity contribution is 7.98. The molecule has 3 heteroatoms. The number of likely N-dealkylation sites (tertiary alicyclic amines) is 1. The van der Waals surface area contributed by atoms with Crippen LogP contribution in [0, 0.1) is 0 Å². The topological polar surface area (TPSA) is 15.3 Å². The van der Waals surface area contributed by atoms with Crippen molar-refractivity contribution in [3.05, 3.63) is 0 Å². The fraction of sp³-hybridized carbons (Fsp3) is 1.00. The van der Waals surface area contributed by atoms with Gasteiger partial charge in [-0.05, 0) is 45.0 Å². The van der Waals surface area contributed by atoms with Crippen LogP contribution in [0.3, 0.4) is 0 Å². The largest absolute Gasteiger partial charge is 0.313 e. The van der Waals surface area contributed by atoms with Gasteiger partial charge in [0.1, 0.15) is 0 Å². The quantitative estimate of drug-likeness (QED) is 0.745. The molecule has 2 rings (SSSR count). The molecule has 0 spiro atoms. The standard InChI is InChI=1S/C13H26N2S/c1-16-11-8-14-12-6-9-15(10-7-12)13-4-2-3-5-13/h12-14H,2-11H2,1H3. The van der Waals surface area contributed by atoms with Gasteiger partial charge in [-0.25, -0.2) is 0 Å². The maximum atomic E-state index is 3.69. The van der Waals surface area contributed by atoms with E-state index in [9.17, 15) is 0 Å². The monoisotopic (exact) mass is 242 g/mol. The average molecular weight is 242 g/mol. The Hall–Kier alpha value is 0.270. The SMILES string of the molecule is CSCCNC1CCN(C2CCCC2)CC1. The number of thioether (sulfide) groups is 1. The zero-order valence-electron chi connectivity index (χ0n) is 10.6. The first-order valence-corrected chi connectivity index (χ1v) is 8.26. The molecule has 1 saturated heterocycles. The fourth-order valence-corrected chi connectivity index (χ4v) is 3.43. The number of hydrogen-bond acceptors (Lipinski definition) is 3. The lowest BCUT2D eigenvalue weighted by atomic mass is 10.0. The smallest absolute Gasteiger partial charge is 0.00952 e. The van der Waals surface area contributed by atoms with Crippen LogP contribution in [0.25, 0.3) is 0 Å². The lowest BCUT2D eigenvalue weighted by Crippen LogP contribution is -2.46. The van der Waals surface area contributed by atoms with Gasteiger partial charge in [-0.2, -0.15) is 11.8 Å². The third kappa shape index (κ3) is 3.64. The van der Waals surface area contributed by atoms with Gasteiger partial charge in [-0.3, -0.25) is 0 Å². The molecule has 2 nitrogen and oxygen atoms in total. The second kappa shape index (κ2) is 6.87. The molecular weight excluding hydrogens is 216 g/mol. The van der Waals surface area contributed by atoms with E-state index in [0.717, 1.165) is 12.1 Å². The predicted octanol–water partition coefficient (Wildman–Crippen LogP) is 2.35. The van der Waals surface area contributed by atoms with Crippen molar-refractivity contribution in [1.82, 2.24) is 10.2 Å². The van der Waals surface area contributed by atoms with Crippen LogP contribution >= 0.6 is 11.8 Å². The highest BCUT2D eigenvalue weighted by atomic mass is 32.2.